The number of hydrogen-bond acceptors (Lipinski definition) is 3. The van der Waals surface area contributed by atoms with Gasteiger partial charge in [-0.1, -0.05) is 0 Å². The second-order valence-corrected chi connectivity index (χ2v) is 3.37. The molecule has 1 atom stereocenters. The maximum absolute atomic E-state index is 12.5. The molecule has 0 bridgehead atoms. The van der Waals surface area contributed by atoms with Crippen LogP contribution in [0.1, 0.15) is 6.92 Å². The number of carbonyl (C=O) groups is 2. The Morgan fingerprint density at radius 2 is 2.00 bits per heavy atom. The number of amides is 1. The van der Waals surface area contributed by atoms with Crippen molar-refractivity contribution < 1.29 is 23.8 Å². The van der Waals surface area contributed by atoms with Gasteiger partial charge in [-0.2, -0.15) is 0 Å². The zero-order valence-electron chi connectivity index (χ0n) is 9.14. The summed E-state index contributed by atoms with van der Waals surface area (Å²) in [5, 5.41) is 10.8. The van der Waals surface area contributed by atoms with Gasteiger partial charge >= 0.3 is 5.97 Å². The standard InChI is InChI=1S/C11H12FNO4/c1-7(11(15)16)13-10(14)6-17-9-4-2-8(12)3-5-9/h2-5,7H,6H2,1H3,(H,13,14)(H,15,16). The molecular formula is C11H12FNO4. The van der Waals surface area contributed by atoms with Gasteiger partial charge in [0.25, 0.3) is 5.91 Å². The molecule has 17 heavy (non-hydrogen) atoms. The molecule has 0 heterocycles. The van der Waals surface area contributed by atoms with E-state index >= 15 is 0 Å². The number of benzene rings is 1. The van der Waals surface area contributed by atoms with Crippen molar-refractivity contribution in [1.82, 2.24) is 5.32 Å². The number of halogens is 1. The summed E-state index contributed by atoms with van der Waals surface area (Å²) >= 11 is 0. The van der Waals surface area contributed by atoms with Gasteiger partial charge in [0.2, 0.25) is 0 Å². The Morgan fingerprint density at radius 3 is 2.53 bits per heavy atom. The highest BCUT2D eigenvalue weighted by molar-refractivity contribution is 5.84. The first kappa shape index (κ1) is 13.0. The molecule has 0 saturated heterocycles. The van der Waals surface area contributed by atoms with Crippen LogP contribution in [0, 0.1) is 5.82 Å². The molecule has 0 aliphatic carbocycles. The molecule has 1 unspecified atom stereocenters. The molecule has 1 aromatic carbocycles. The zero-order chi connectivity index (χ0) is 12.8. The van der Waals surface area contributed by atoms with E-state index in [2.05, 4.69) is 5.32 Å². The second-order valence-electron chi connectivity index (χ2n) is 3.37. The lowest BCUT2D eigenvalue weighted by Gasteiger charge is -2.10. The summed E-state index contributed by atoms with van der Waals surface area (Å²) in [6, 6.07) is 4.19. The van der Waals surface area contributed by atoms with Crippen LogP contribution in [0.4, 0.5) is 4.39 Å². The van der Waals surface area contributed by atoms with Gasteiger partial charge in [-0.3, -0.25) is 9.59 Å². The van der Waals surface area contributed by atoms with Gasteiger partial charge in [-0.15, -0.1) is 0 Å². The number of ether oxygens (including phenoxy) is 1. The molecule has 0 spiro atoms. The van der Waals surface area contributed by atoms with Crippen LogP contribution in [0.25, 0.3) is 0 Å². The predicted octanol–water partition coefficient (Wildman–Crippen LogP) is 0.794. The van der Waals surface area contributed by atoms with Gasteiger partial charge in [-0.05, 0) is 31.2 Å². The molecule has 0 aliphatic heterocycles. The fraction of sp³-hybridized carbons (Fsp3) is 0.273. The quantitative estimate of drug-likeness (QED) is 0.799. The summed E-state index contributed by atoms with van der Waals surface area (Å²) in [4.78, 5) is 21.7. The fourth-order valence-corrected chi connectivity index (χ4v) is 1.02. The minimum Gasteiger partial charge on any atom is -0.484 e. The fourth-order valence-electron chi connectivity index (χ4n) is 1.02. The van der Waals surface area contributed by atoms with E-state index in [0.717, 1.165) is 0 Å². The average molecular weight is 241 g/mol. The average Bonchev–Trinajstić information content (AvgIpc) is 2.28. The smallest absolute Gasteiger partial charge is 0.325 e. The van der Waals surface area contributed by atoms with E-state index in [4.69, 9.17) is 9.84 Å². The van der Waals surface area contributed by atoms with E-state index in [-0.39, 0.29) is 6.61 Å². The summed E-state index contributed by atoms with van der Waals surface area (Å²) in [6.07, 6.45) is 0. The predicted molar refractivity (Wildman–Crippen MR) is 57.1 cm³/mol. The molecule has 6 heteroatoms. The van der Waals surface area contributed by atoms with Crippen molar-refractivity contribution in [2.24, 2.45) is 0 Å². The first-order chi connectivity index (χ1) is 7.99. The molecule has 2 N–H and O–H groups in total. The van der Waals surface area contributed by atoms with Crippen LogP contribution in [0.3, 0.4) is 0 Å². The first-order valence-electron chi connectivity index (χ1n) is 4.89. The second kappa shape index (κ2) is 5.83. The first-order valence-corrected chi connectivity index (χ1v) is 4.89. The Labute approximate surface area is 97.2 Å². The topological polar surface area (TPSA) is 75.6 Å². The minimum atomic E-state index is -1.12. The molecule has 5 nitrogen and oxygen atoms in total. The van der Waals surface area contributed by atoms with Gasteiger partial charge in [0.1, 0.15) is 17.6 Å². The van der Waals surface area contributed by atoms with Crippen molar-refractivity contribution in [3.8, 4) is 5.75 Å². The van der Waals surface area contributed by atoms with Crippen LogP contribution in [0.15, 0.2) is 24.3 Å². The van der Waals surface area contributed by atoms with Crippen LogP contribution in [-0.4, -0.2) is 29.6 Å². The molecule has 1 rings (SSSR count). The summed E-state index contributed by atoms with van der Waals surface area (Å²) < 4.78 is 17.6. The van der Waals surface area contributed by atoms with E-state index in [0.29, 0.717) is 5.75 Å². The van der Waals surface area contributed by atoms with Crippen molar-refractivity contribution in [1.29, 1.82) is 0 Å². The van der Waals surface area contributed by atoms with Crippen LogP contribution < -0.4 is 10.1 Å². The van der Waals surface area contributed by atoms with Crippen LogP contribution in [0.2, 0.25) is 0 Å². The van der Waals surface area contributed by atoms with Gasteiger partial charge in [0, 0.05) is 0 Å². The van der Waals surface area contributed by atoms with Gasteiger partial charge in [-0.25, -0.2) is 4.39 Å². The lowest BCUT2D eigenvalue weighted by Crippen LogP contribution is -2.40. The Bertz CT molecular complexity index is 404. The highest BCUT2D eigenvalue weighted by atomic mass is 19.1. The Hall–Kier alpha value is -2.11. The molecule has 0 fully saturated rings. The third-order valence-electron chi connectivity index (χ3n) is 1.93. The minimum absolute atomic E-state index is 0.316. The lowest BCUT2D eigenvalue weighted by molar-refractivity contribution is -0.141. The Morgan fingerprint density at radius 1 is 1.41 bits per heavy atom. The number of hydrogen-bond donors (Lipinski definition) is 2. The number of carbonyl (C=O) groups excluding carboxylic acids is 1. The summed E-state index contributed by atoms with van der Waals surface area (Å²) in [5.41, 5.74) is 0. The summed E-state index contributed by atoms with van der Waals surface area (Å²) in [6.45, 7) is 1.03. The van der Waals surface area contributed by atoms with Crippen molar-refractivity contribution >= 4 is 11.9 Å². The molecule has 92 valence electrons. The van der Waals surface area contributed by atoms with Crippen molar-refractivity contribution in [2.45, 2.75) is 13.0 Å². The number of carboxylic acid groups (broad SMARTS) is 1. The highest BCUT2D eigenvalue weighted by Crippen LogP contribution is 2.10. The Kier molecular flexibility index (Phi) is 4.45. The number of aliphatic carboxylic acids is 1. The molecule has 0 radical (unpaired) electrons. The summed E-state index contributed by atoms with van der Waals surface area (Å²) in [7, 11) is 0. The summed E-state index contributed by atoms with van der Waals surface area (Å²) in [5.74, 6) is -1.74. The van der Waals surface area contributed by atoms with Gasteiger partial charge < -0.3 is 15.2 Å². The van der Waals surface area contributed by atoms with E-state index in [1.807, 2.05) is 0 Å². The van der Waals surface area contributed by atoms with E-state index in [1.165, 1.54) is 31.2 Å². The molecule has 0 aliphatic rings. The maximum atomic E-state index is 12.5. The highest BCUT2D eigenvalue weighted by Gasteiger charge is 2.13. The van der Waals surface area contributed by atoms with Crippen LogP contribution >= 0.6 is 0 Å². The van der Waals surface area contributed by atoms with Crippen molar-refractivity contribution in [3.63, 3.8) is 0 Å². The normalized spacial score (nSPS) is 11.6. The molecular weight excluding hydrogens is 229 g/mol. The maximum Gasteiger partial charge on any atom is 0.325 e. The van der Waals surface area contributed by atoms with E-state index in [9.17, 15) is 14.0 Å². The van der Waals surface area contributed by atoms with Gasteiger partial charge in [0.15, 0.2) is 6.61 Å². The number of carboxylic acids is 1. The third kappa shape index (κ3) is 4.50. The number of nitrogens with one attached hydrogen (secondary N) is 1. The number of rotatable bonds is 5. The molecule has 0 saturated carbocycles. The van der Waals surface area contributed by atoms with Crippen LogP contribution in [0.5, 0.6) is 5.75 Å². The van der Waals surface area contributed by atoms with Crippen molar-refractivity contribution in [3.05, 3.63) is 30.1 Å². The third-order valence-corrected chi connectivity index (χ3v) is 1.93. The molecule has 1 amide bonds. The monoisotopic (exact) mass is 241 g/mol. The SMILES string of the molecule is CC(NC(=O)COc1ccc(F)cc1)C(=O)O. The zero-order valence-corrected chi connectivity index (χ0v) is 9.14. The van der Waals surface area contributed by atoms with E-state index in [1.54, 1.807) is 0 Å². The van der Waals surface area contributed by atoms with E-state index < -0.39 is 23.7 Å². The van der Waals surface area contributed by atoms with Gasteiger partial charge in [0.05, 0.1) is 0 Å². The van der Waals surface area contributed by atoms with Crippen LogP contribution in [-0.2, 0) is 9.59 Å². The molecule has 0 aromatic heterocycles. The lowest BCUT2D eigenvalue weighted by atomic mass is 10.3. The largest absolute Gasteiger partial charge is 0.484 e. The Balaban J connectivity index is 2.38. The molecule has 1 aromatic rings. The van der Waals surface area contributed by atoms with Crippen molar-refractivity contribution in [2.75, 3.05) is 6.61 Å².